The van der Waals surface area contributed by atoms with Crippen molar-refractivity contribution < 1.29 is 0 Å². The molecule has 0 N–H and O–H groups in total. The van der Waals surface area contributed by atoms with E-state index in [1.54, 1.807) is 0 Å². The van der Waals surface area contributed by atoms with E-state index in [9.17, 15) is 0 Å². The van der Waals surface area contributed by atoms with Crippen molar-refractivity contribution in [3.63, 3.8) is 0 Å². The maximum Gasteiger partial charge on any atom is 0.205 e. The SMILES string of the molecule is Clc1ccccc1C1(c2cc(-c3ccccc3)c(-c3ccccc3)cc2Cl)N=C(c2ccccc2)C(c2ccccc2)=N1. The summed E-state index contributed by atoms with van der Waals surface area (Å²) in [6, 6.07) is 53.0. The molecule has 0 aromatic heterocycles. The van der Waals surface area contributed by atoms with E-state index >= 15 is 0 Å². The van der Waals surface area contributed by atoms with Gasteiger partial charge in [-0.05, 0) is 40.5 Å². The van der Waals surface area contributed by atoms with Gasteiger partial charge in [0.1, 0.15) is 0 Å². The van der Waals surface area contributed by atoms with Gasteiger partial charge in [0.15, 0.2) is 0 Å². The maximum atomic E-state index is 7.32. The van der Waals surface area contributed by atoms with E-state index in [1.165, 1.54) is 0 Å². The predicted octanol–water partition coefficient (Wildman–Crippen LogP) is 10.5. The highest BCUT2D eigenvalue weighted by Gasteiger charge is 2.43. The third kappa shape index (κ3) is 4.99. The van der Waals surface area contributed by atoms with Crippen LogP contribution in [0.25, 0.3) is 22.3 Å². The molecule has 6 aromatic carbocycles. The number of halogens is 2. The summed E-state index contributed by atoms with van der Waals surface area (Å²) in [7, 11) is 0. The van der Waals surface area contributed by atoms with Crippen molar-refractivity contribution in [1.29, 1.82) is 0 Å². The second-order valence-electron chi connectivity index (χ2n) is 10.4. The second-order valence-corrected chi connectivity index (χ2v) is 11.2. The Bertz CT molecular complexity index is 1910. The minimum atomic E-state index is -1.22. The molecule has 4 heteroatoms. The molecule has 206 valence electrons. The molecule has 0 radical (unpaired) electrons. The van der Waals surface area contributed by atoms with E-state index in [2.05, 4.69) is 66.7 Å². The highest BCUT2D eigenvalue weighted by molar-refractivity contribution is 6.54. The van der Waals surface area contributed by atoms with E-state index in [0.717, 1.165) is 55.9 Å². The first-order chi connectivity index (χ1) is 21.1. The molecule has 0 atom stereocenters. The monoisotopic (exact) mass is 592 g/mol. The van der Waals surface area contributed by atoms with Gasteiger partial charge in [-0.3, -0.25) is 0 Å². The predicted molar refractivity (Wildman–Crippen MR) is 181 cm³/mol. The topological polar surface area (TPSA) is 24.7 Å². The van der Waals surface area contributed by atoms with Crippen LogP contribution in [0.4, 0.5) is 0 Å². The molecule has 0 spiro atoms. The standard InChI is InChI=1S/C39H26Cl2N2/c40-35-24-14-13-23-33(35)39(42-37(29-19-9-3-10-20-29)38(43-39)30-21-11-4-12-22-30)34-25-31(27-15-5-1-6-16-27)32(26-36(34)41)28-17-7-2-8-18-28/h1-26H. The Morgan fingerprint density at radius 3 is 1.23 bits per heavy atom. The summed E-state index contributed by atoms with van der Waals surface area (Å²) < 4.78 is 0. The highest BCUT2D eigenvalue weighted by Crippen LogP contribution is 2.48. The van der Waals surface area contributed by atoms with Gasteiger partial charge >= 0.3 is 0 Å². The van der Waals surface area contributed by atoms with Crippen LogP contribution in [-0.4, -0.2) is 11.4 Å². The molecule has 43 heavy (non-hydrogen) atoms. The first-order valence-corrected chi connectivity index (χ1v) is 14.9. The van der Waals surface area contributed by atoms with Gasteiger partial charge in [0.2, 0.25) is 5.66 Å². The number of rotatable bonds is 6. The summed E-state index contributed by atoms with van der Waals surface area (Å²) in [6.45, 7) is 0. The lowest BCUT2D eigenvalue weighted by molar-refractivity contribution is 0.589. The smallest absolute Gasteiger partial charge is 0.205 e. The van der Waals surface area contributed by atoms with Crippen LogP contribution in [0.2, 0.25) is 10.0 Å². The maximum absolute atomic E-state index is 7.32. The fourth-order valence-corrected chi connectivity index (χ4v) is 6.30. The van der Waals surface area contributed by atoms with Crippen molar-refractivity contribution in [2.45, 2.75) is 5.66 Å². The summed E-state index contributed by atoms with van der Waals surface area (Å²) >= 11 is 14.3. The Morgan fingerprint density at radius 2 is 0.767 bits per heavy atom. The molecule has 0 aliphatic carbocycles. The van der Waals surface area contributed by atoms with Crippen LogP contribution in [0, 0.1) is 0 Å². The number of hydrogen-bond acceptors (Lipinski definition) is 2. The highest BCUT2D eigenvalue weighted by atomic mass is 35.5. The Kier molecular flexibility index (Phi) is 7.24. The average molecular weight is 594 g/mol. The molecule has 0 amide bonds. The van der Waals surface area contributed by atoms with Crippen molar-refractivity contribution in [2.24, 2.45) is 9.98 Å². The third-order valence-corrected chi connectivity index (χ3v) is 8.41. The van der Waals surface area contributed by atoms with Crippen LogP contribution < -0.4 is 0 Å². The Balaban J connectivity index is 1.57. The molecule has 0 unspecified atom stereocenters. The van der Waals surface area contributed by atoms with Gasteiger partial charge in [-0.15, -0.1) is 0 Å². The van der Waals surface area contributed by atoms with E-state index in [4.69, 9.17) is 33.2 Å². The van der Waals surface area contributed by atoms with E-state index in [-0.39, 0.29) is 0 Å². The zero-order chi connectivity index (χ0) is 29.2. The Labute approximate surface area is 261 Å². The number of aliphatic imine (C=N–C) groups is 2. The molecular weight excluding hydrogens is 567 g/mol. The summed E-state index contributed by atoms with van der Waals surface area (Å²) in [5.41, 5.74) is 8.06. The van der Waals surface area contributed by atoms with Gasteiger partial charge in [-0.25, -0.2) is 9.98 Å². The van der Waals surface area contributed by atoms with Crippen LogP contribution in [0.3, 0.4) is 0 Å². The van der Waals surface area contributed by atoms with E-state index < -0.39 is 5.66 Å². The first kappa shape index (κ1) is 27.1. The molecule has 1 heterocycles. The largest absolute Gasteiger partial charge is 0.243 e. The molecule has 6 aromatic rings. The molecule has 1 aliphatic heterocycles. The number of benzene rings is 6. The second kappa shape index (κ2) is 11.5. The molecule has 0 saturated carbocycles. The van der Waals surface area contributed by atoms with E-state index in [1.807, 2.05) is 91.0 Å². The lowest BCUT2D eigenvalue weighted by Crippen LogP contribution is -2.23. The van der Waals surface area contributed by atoms with Crippen LogP contribution in [-0.2, 0) is 5.66 Å². The van der Waals surface area contributed by atoms with Gasteiger partial charge < -0.3 is 0 Å². The van der Waals surface area contributed by atoms with Crippen LogP contribution in [0.1, 0.15) is 22.3 Å². The minimum Gasteiger partial charge on any atom is -0.243 e. The zero-order valence-corrected chi connectivity index (χ0v) is 24.7. The Morgan fingerprint density at radius 1 is 0.372 bits per heavy atom. The van der Waals surface area contributed by atoms with Crippen molar-refractivity contribution in [2.75, 3.05) is 0 Å². The van der Waals surface area contributed by atoms with Gasteiger partial charge in [-0.1, -0.05) is 163 Å². The van der Waals surface area contributed by atoms with Gasteiger partial charge in [0, 0.05) is 32.3 Å². The molecule has 7 rings (SSSR count). The zero-order valence-electron chi connectivity index (χ0n) is 23.2. The summed E-state index contributed by atoms with van der Waals surface area (Å²) in [6.07, 6.45) is 0. The van der Waals surface area contributed by atoms with Crippen molar-refractivity contribution in [3.05, 3.63) is 190 Å². The first-order valence-electron chi connectivity index (χ1n) is 14.1. The Hall–Kier alpha value is -4.76. The van der Waals surface area contributed by atoms with Gasteiger partial charge in [0.25, 0.3) is 0 Å². The molecular formula is C39H26Cl2N2. The number of hydrogen-bond donors (Lipinski definition) is 0. The molecule has 1 aliphatic rings. The molecule has 2 nitrogen and oxygen atoms in total. The van der Waals surface area contributed by atoms with Crippen LogP contribution >= 0.6 is 23.2 Å². The normalized spacial score (nSPS) is 13.8. The summed E-state index contributed by atoms with van der Waals surface area (Å²) in [4.78, 5) is 11.0. The average Bonchev–Trinajstić information content (AvgIpc) is 3.48. The minimum absolute atomic E-state index is 0.563. The number of nitrogens with zero attached hydrogens (tertiary/aromatic N) is 2. The quantitative estimate of drug-likeness (QED) is 0.184. The summed E-state index contributed by atoms with van der Waals surface area (Å²) in [5.74, 6) is 0. The third-order valence-electron chi connectivity index (χ3n) is 7.77. The lowest BCUT2D eigenvalue weighted by Gasteiger charge is -2.28. The van der Waals surface area contributed by atoms with Crippen LogP contribution in [0.15, 0.2) is 168 Å². The molecule has 0 bridgehead atoms. The van der Waals surface area contributed by atoms with Crippen molar-refractivity contribution >= 4 is 34.6 Å². The van der Waals surface area contributed by atoms with Crippen molar-refractivity contribution in [3.8, 4) is 22.3 Å². The summed E-state index contributed by atoms with van der Waals surface area (Å²) in [5, 5.41) is 1.13. The lowest BCUT2D eigenvalue weighted by atomic mass is 9.86. The fraction of sp³-hybridized carbons (Fsp3) is 0.0256. The molecule has 0 fully saturated rings. The van der Waals surface area contributed by atoms with Gasteiger partial charge in [-0.2, -0.15) is 0 Å². The fourth-order valence-electron chi connectivity index (χ4n) is 5.73. The molecule has 0 saturated heterocycles. The van der Waals surface area contributed by atoms with Gasteiger partial charge in [0.05, 0.1) is 11.4 Å². The van der Waals surface area contributed by atoms with E-state index in [0.29, 0.717) is 10.0 Å². The van der Waals surface area contributed by atoms with Crippen LogP contribution in [0.5, 0.6) is 0 Å². The van der Waals surface area contributed by atoms with Crippen molar-refractivity contribution in [1.82, 2.24) is 0 Å².